The summed E-state index contributed by atoms with van der Waals surface area (Å²) in [6.45, 7) is 0.00951. The van der Waals surface area contributed by atoms with E-state index in [-0.39, 0.29) is 24.6 Å². The number of hydrogen-bond acceptors (Lipinski definition) is 5. The number of halogens is 2. The average molecular weight is 427 g/mol. The van der Waals surface area contributed by atoms with E-state index in [1.807, 2.05) is 0 Å². The summed E-state index contributed by atoms with van der Waals surface area (Å²) in [6, 6.07) is 8.00. The van der Waals surface area contributed by atoms with Crippen LogP contribution in [0.5, 0.6) is 17.2 Å². The van der Waals surface area contributed by atoms with Crippen LogP contribution in [-0.4, -0.2) is 39.7 Å². The number of benzene rings is 2. The number of carbonyl (C=O) groups is 2. The van der Waals surface area contributed by atoms with E-state index < -0.39 is 5.91 Å². The molecule has 150 valence electrons. The highest BCUT2D eigenvalue weighted by atomic mass is 35.5. The van der Waals surface area contributed by atoms with Gasteiger partial charge in [0.15, 0.2) is 11.5 Å². The van der Waals surface area contributed by atoms with E-state index in [0.717, 1.165) is 5.56 Å². The van der Waals surface area contributed by atoms with Crippen molar-refractivity contribution in [2.75, 3.05) is 27.9 Å². The van der Waals surface area contributed by atoms with E-state index in [0.29, 0.717) is 27.3 Å². The maximum absolute atomic E-state index is 12.4. The molecule has 0 atom stereocenters. The van der Waals surface area contributed by atoms with E-state index >= 15 is 0 Å². The van der Waals surface area contributed by atoms with Crippen LogP contribution in [-0.2, 0) is 11.3 Å². The first-order valence-electron chi connectivity index (χ1n) is 8.18. The summed E-state index contributed by atoms with van der Waals surface area (Å²) < 4.78 is 15.6. The molecule has 28 heavy (non-hydrogen) atoms. The topological polar surface area (TPSA) is 85.9 Å². The second-order valence-electron chi connectivity index (χ2n) is 5.61. The number of amides is 2. The lowest BCUT2D eigenvalue weighted by atomic mass is 10.1. The van der Waals surface area contributed by atoms with Gasteiger partial charge in [-0.15, -0.1) is 0 Å². The Morgan fingerprint density at radius 2 is 1.57 bits per heavy atom. The summed E-state index contributed by atoms with van der Waals surface area (Å²) in [4.78, 5) is 24.4. The van der Waals surface area contributed by atoms with Gasteiger partial charge in [-0.05, 0) is 29.8 Å². The normalized spacial score (nSPS) is 10.2. The Morgan fingerprint density at radius 1 is 0.929 bits per heavy atom. The van der Waals surface area contributed by atoms with Crippen molar-refractivity contribution in [1.29, 1.82) is 0 Å². The molecule has 0 aliphatic carbocycles. The molecule has 2 aromatic rings. The number of rotatable bonds is 8. The smallest absolute Gasteiger partial charge is 0.251 e. The van der Waals surface area contributed by atoms with Crippen LogP contribution in [0.4, 0.5) is 0 Å². The molecule has 0 bridgehead atoms. The van der Waals surface area contributed by atoms with Crippen LogP contribution in [0, 0.1) is 0 Å². The van der Waals surface area contributed by atoms with E-state index in [2.05, 4.69) is 10.6 Å². The van der Waals surface area contributed by atoms with Crippen molar-refractivity contribution < 1.29 is 23.8 Å². The van der Waals surface area contributed by atoms with Crippen molar-refractivity contribution in [3.63, 3.8) is 0 Å². The largest absolute Gasteiger partial charge is 0.493 e. The molecule has 2 amide bonds. The minimum Gasteiger partial charge on any atom is -0.493 e. The van der Waals surface area contributed by atoms with Gasteiger partial charge in [0.1, 0.15) is 0 Å². The van der Waals surface area contributed by atoms with Gasteiger partial charge >= 0.3 is 0 Å². The van der Waals surface area contributed by atoms with Crippen molar-refractivity contribution in [3.05, 3.63) is 51.5 Å². The number of carbonyl (C=O) groups excluding carboxylic acids is 2. The number of methoxy groups -OCH3 is 3. The van der Waals surface area contributed by atoms with Gasteiger partial charge in [0.25, 0.3) is 5.91 Å². The lowest BCUT2D eigenvalue weighted by molar-refractivity contribution is -0.120. The third kappa shape index (κ3) is 5.43. The first kappa shape index (κ1) is 21.7. The molecule has 0 saturated carbocycles. The molecule has 2 N–H and O–H groups in total. The second kappa shape index (κ2) is 10.1. The minimum atomic E-state index is -0.459. The molecule has 2 aromatic carbocycles. The molecule has 0 saturated heterocycles. The molecule has 0 spiro atoms. The quantitative estimate of drug-likeness (QED) is 0.677. The Balaban J connectivity index is 1.96. The maximum Gasteiger partial charge on any atom is 0.251 e. The van der Waals surface area contributed by atoms with E-state index in [9.17, 15) is 9.59 Å². The Labute approximate surface area is 172 Å². The summed E-state index contributed by atoms with van der Waals surface area (Å²) in [5.74, 6) is 0.229. The average Bonchev–Trinajstić information content (AvgIpc) is 2.69. The van der Waals surface area contributed by atoms with Crippen LogP contribution in [0.15, 0.2) is 30.3 Å². The van der Waals surface area contributed by atoms with Gasteiger partial charge in [0, 0.05) is 22.2 Å². The van der Waals surface area contributed by atoms with Crippen LogP contribution < -0.4 is 24.8 Å². The second-order valence-corrected chi connectivity index (χ2v) is 6.45. The molecule has 0 unspecified atom stereocenters. The highest BCUT2D eigenvalue weighted by molar-refractivity contribution is 6.35. The summed E-state index contributed by atoms with van der Waals surface area (Å²) in [5.41, 5.74) is 0.985. The number of nitrogens with one attached hydrogen (secondary N) is 2. The van der Waals surface area contributed by atoms with Crippen molar-refractivity contribution in [1.82, 2.24) is 10.6 Å². The molecule has 0 aliphatic rings. The lowest BCUT2D eigenvalue weighted by Gasteiger charge is -2.14. The maximum atomic E-state index is 12.4. The molecule has 0 heterocycles. The highest BCUT2D eigenvalue weighted by Gasteiger charge is 2.17. The van der Waals surface area contributed by atoms with Crippen LogP contribution in [0.25, 0.3) is 0 Å². The zero-order chi connectivity index (χ0) is 20.7. The third-order valence-electron chi connectivity index (χ3n) is 3.83. The Hall–Kier alpha value is -2.64. The van der Waals surface area contributed by atoms with E-state index in [1.54, 1.807) is 18.2 Å². The Bertz CT molecular complexity index is 848. The van der Waals surface area contributed by atoms with Crippen molar-refractivity contribution in [2.45, 2.75) is 6.54 Å². The van der Waals surface area contributed by atoms with Crippen molar-refractivity contribution in [2.24, 2.45) is 0 Å². The lowest BCUT2D eigenvalue weighted by Crippen LogP contribution is -2.36. The molecule has 7 nitrogen and oxygen atoms in total. The van der Waals surface area contributed by atoms with Crippen LogP contribution in [0.2, 0.25) is 10.0 Å². The van der Waals surface area contributed by atoms with Crippen LogP contribution in [0.3, 0.4) is 0 Å². The molecule has 9 heteroatoms. The fraction of sp³-hybridized carbons (Fsp3) is 0.263. The van der Waals surface area contributed by atoms with E-state index in [4.69, 9.17) is 37.4 Å². The predicted octanol–water partition coefficient (Wildman–Crippen LogP) is 3.07. The van der Waals surface area contributed by atoms with Gasteiger partial charge in [-0.2, -0.15) is 0 Å². The van der Waals surface area contributed by atoms with Crippen LogP contribution >= 0.6 is 23.2 Å². The molecular formula is C19H20Cl2N2O5. The van der Waals surface area contributed by atoms with Crippen molar-refractivity contribution >= 4 is 35.0 Å². The van der Waals surface area contributed by atoms with Gasteiger partial charge in [-0.25, -0.2) is 0 Å². The summed E-state index contributed by atoms with van der Waals surface area (Å²) in [5, 5.41) is 6.19. The summed E-state index contributed by atoms with van der Waals surface area (Å²) in [6.07, 6.45) is 0. The van der Waals surface area contributed by atoms with Crippen LogP contribution in [0.1, 0.15) is 15.9 Å². The molecule has 0 aliphatic heterocycles. The molecular weight excluding hydrogens is 407 g/mol. The fourth-order valence-electron chi connectivity index (χ4n) is 2.40. The highest BCUT2D eigenvalue weighted by Crippen LogP contribution is 2.38. The minimum absolute atomic E-state index is 0.208. The molecule has 2 rings (SSSR count). The Kier molecular flexibility index (Phi) is 7.78. The van der Waals surface area contributed by atoms with Gasteiger partial charge in [0.05, 0.1) is 27.9 Å². The molecule has 0 fully saturated rings. The zero-order valence-corrected chi connectivity index (χ0v) is 17.1. The molecule has 0 radical (unpaired) electrons. The first-order chi connectivity index (χ1) is 13.4. The Morgan fingerprint density at radius 3 is 2.11 bits per heavy atom. The fourth-order valence-corrected chi connectivity index (χ4v) is 2.87. The zero-order valence-electron chi connectivity index (χ0n) is 15.6. The van der Waals surface area contributed by atoms with E-state index in [1.165, 1.54) is 33.5 Å². The monoisotopic (exact) mass is 426 g/mol. The SMILES string of the molecule is COc1cc(C(=O)NCC(=O)NCc2ccc(Cl)cc2Cl)cc(OC)c1OC. The van der Waals surface area contributed by atoms with Gasteiger partial charge in [-0.1, -0.05) is 29.3 Å². The predicted molar refractivity (Wildman–Crippen MR) is 107 cm³/mol. The van der Waals surface area contributed by atoms with Crippen molar-refractivity contribution in [3.8, 4) is 17.2 Å². The number of hydrogen-bond donors (Lipinski definition) is 2. The summed E-state index contributed by atoms with van der Waals surface area (Å²) >= 11 is 11.9. The standard InChI is InChI=1S/C19H20Cl2N2O5/c1-26-15-6-12(7-16(27-2)18(15)28-3)19(25)23-10-17(24)22-9-11-4-5-13(20)8-14(11)21/h4-8H,9-10H2,1-3H3,(H,22,24)(H,23,25). The van der Waals surface area contributed by atoms with Gasteiger partial charge in [0.2, 0.25) is 11.7 Å². The third-order valence-corrected chi connectivity index (χ3v) is 4.41. The summed E-state index contributed by atoms with van der Waals surface area (Å²) in [7, 11) is 4.38. The first-order valence-corrected chi connectivity index (χ1v) is 8.94. The van der Waals surface area contributed by atoms with Gasteiger partial charge < -0.3 is 24.8 Å². The number of ether oxygens (including phenoxy) is 3. The van der Waals surface area contributed by atoms with Gasteiger partial charge in [-0.3, -0.25) is 9.59 Å². The molecule has 0 aromatic heterocycles.